The standard InChI is InChI=1S/C26H23N5O3/c1-26(13-33-14-26)8-7-16-3-5-18-22(12-34-23(18)9-16)30(2)25(32)17-4-6-19-20(10-17)31-15-28-11-21(31)24(27)29-19/h3-6,9-11,15,22H,12-14H2,1-2H3,(H2,27,29)/t22-/m1/s1. The van der Waals surface area contributed by atoms with E-state index in [-0.39, 0.29) is 17.4 Å². The van der Waals surface area contributed by atoms with E-state index in [1.807, 2.05) is 34.7 Å². The summed E-state index contributed by atoms with van der Waals surface area (Å²) < 4.78 is 13.1. The molecule has 2 aliphatic rings. The minimum atomic E-state index is -0.185. The topological polar surface area (TPSA) is 95.0 Å². The Morgan fingerprint density at radius 3 is 2.88 bits per heavy atom. The van der Waals surface area contributed by atoms with Crippen LogP contribution in [0.3, 0.4) is 0 Å². The number of carbonyl (C=O) groups is 1. The van der Waals surface area contributed by atoms with E-state index in [9.17, 15) is 4.79 Å². The number of nitrogens with zero attached hydrogens (tertiary/aromatic N) is 4. The number of anilines is 1. The number of likely N-dealkylation sites (N-methyl/N-ethyl adjacent to an activating group) is 1. The Labute approximate surface area is 196 Å². The van der Waals surface area contributed by atoms with Crippen LogP contribution < -0.4 is 10.5 Å². The molecule has 0 aliphatic carbocycles. The van der Waals surface area contributed by atoms with Crippen LogP contribution in [0.1, 0.15) is 34.5 Å². The molecule has 4 aromatic rings. The number of nitrogen functional groups attached to an aromatic ring is 1. The monoisotopic (exact) mass is 453 g/mol. The molecule has 0 spiro atoms. The van der Waals surface area contributed by atoms with Gasteiger partial charge in [-0.05, 0) is 37.3 Å². The first-order chi connectivity index (χ1) is 16.4. The Morgan fingerprint density at radius 1 is 1.24 bits per heavy atom. The Morgan fingerprint density at radius 2 is 2.09 bits per heavy atom. The van der Waals surface area contributed by atoms with Gasteiger partial charge in [0.25, 0.3) is 5.91 Å². The van der Waals surface area contributed by atoms with Crippen molar-refractivity contribution in [3.8, 4) is 17.6 Å². The molecular weight excluding hydrogens is 430 g/mol. The van der Waals surface area contributed by atoms with Gasteiger partial charge in [0.15, 0.2) is 0 Å². The zero-order valence-electron chi connectivity index (χ0n) is 18.9. The molecule has 170 valence electrons. The number of carbonyl (C=O) groups excluding carboxylic acids is 1. The van der Waals surface area contributed by atoms with Crippen molar-refractivity contribution in [3.63, 3.8) is 0 Å². The summed E-state index contributed by atoms with van der Waals surface area (Å²) in [5.74, 6) is 7.59. The summed E-state index contributed by atoms with van der Waals surface area (Å²) >= 11 is 0. The van der Waals surface area contributed by atoms with Gasteiger partial charge in [-0.25, -0.2) is 9.97 Å². The van der Waals surface area contributed by atoms with Crippen LogP contribution in [-0.2, 0) is 4.74 Å². The van der Waals surface area contributed by atoms with Gasteiger partial charge in [0.1, 0.15) is 23.7 Å². The molecule has 1 fully saturated rings. The van der Waals surface area contributed by atoms with E-state index >= 15 is 0 Å². The van der Waals surface area contributed by atoms with Crippen molar-refractivity contribution >= 4 is 28.3 Å². The van der Waals surface area contributed by atoms with Gasteiger partial charge in [-0.2, -0.15) is 0 Å². The maximum atomic E-state index is 13.4. The number of aromatic nitrogens is 3. The summed E-state index contributed by atoms with van der Waals surface area (Å²) in [6, 6.07) is 11.2. The van der Waals surface area contributed by atoms with E-state index in [1.165, 1.54) is 0 Å². The highest BCUT2D eigenvalue weighted by molar-refractivity contribution is 5.98. The van der Waals surface area contributed by atoms with Crippen LogP contribution in [0.5, 0.6) is 5.75 Å². The smallest absolute Gasteiger partial charge is 0.254 e. The van der Waals surface area contributed by atoms with Crippen molar-refractivity contribution in [2.45, 2.75) is 13.0 Å². The molecule has 2 aliphatic heterocycles. The summed E-state index contributed by atoms with van der Waals surface area (Å²) in [4.78, 5) is 23.7. The molecule has 0 radical (unpaired) electrons. The lowest BCUT2D eigenvalue weighted by atomic mass is 9.89. The number of amides is 1. The molecule has 0 unspecified atom stereocenters. The maximum Gasteiger partial charge on any atom is 0.254 e. The van der Waals surface area contributed by atoms with E-state index in [4.69, 9.17) is 15.2 Å². The van der Waals surface area contributed by atoms with Crippen molar-refractivity contribution in [1.29, 1.82) is 0 Å². The lowest BCUT2D eigenvalue weighted by Crippen LogP contribution is -2.38. The van der Waals surface area contributed by atoms with Crippen molar-refractivity contribution in [3.05, 3.63) is 65.6 Å². The third-order valence-electron chi connectivity index (χ3n) is 6.53. The molecule has 8 nitrogen and oxygen atoms in total. The predicted octanol–water partition coefficient (Wildman–Crippen LogP) is 3.06. The van der Waals surface area contributed by atoms with Gasteiger partial charge in [-0.1, -0.05) is 17.9 Å². The lowest BCUT2D eigenvalue weighted by molar-refractivity contribution is -0.0648. The summed E-state index contributed by atoms with van der Waals surface area (Å²) in [7, 11) is 1.80. The zero-order chi connectivity index (χ0) is 23.4. The molecule has 1 atom stereocenters. The highest BCUT2D eigenvalue weighted by atomic mass is 16.5. The van der Waals surface area contributed by atoms with E-state index in [1.54, 1.807) is 30.5 Å². The van der Waals surface area contributed by atoms with E-state index in [2.05, 4.69) is 28.7 Å². The number of fused-ring (bicyclic) bond motifs is 4. The van der Waals surface area contributed by atoms with Crippen LogP contribution >= 0.6 is 0 Å². The summed E-state index contributed by atoms with van der Waals surface area (Å²) in [5.41, 5.74) is 10.6. The largest absolute Gasteiger partial charge is 0.491 e. The highest BCUT2D eigenvalue weighted by Gasteiger charge is 2.32. The van der Waals surface area contributed by atoms with E-state index < -0.39 is 0 Å². The first kappa shape index (κ1) is 20.5. The number of benzene rings is 2. The number of nitrogens with two attached hydrogens (primary N) is 1. The number of imidazole rings is 1. The molecule has 4 heterocycles. The molecule has 2 aromatic heterocycles. The van der Waals surface area contributed by atoms with Crippen LogP contribution in [0.25, 0.3) is 16.6 Å². The van der Waals surface area contributed by atoms with Gasteiger partial charge in [-0.15, -0.1) is 0 Å². The average Bonchev–Trinajstić information content (AvgIpc) is 3.48. The fraction of sp³-hybridized carbons (Fsp3) is 0.269. The van der Waals surface area contributed by atoms with Crippen molar-refractivity contribution in [2.75, 3.05) is 32.6 Å². The summed E-state index contributed by atoms with van der Waals surface area (Å²) in [6.07, 6.45) is 3.34. The van der Waals surface area contributed by atoms with Gasteiger partial charge in [0.2, 0.25) is 0 Å². The fourth-order valence-corrected chi connectivity index (χ4v) is 4.45. The third-order valence-corrected chi connectivity index (χ3v) is 6.53. The fourth-order valence-electron chi connectivity index (χ4n) is 4.45. The van der Waals surface area contributed by atoms with Crippen molar-refractivity contribution in [1.82, 2.24) is 19.3 Å². The second-order valence-corrected chi connectivity index (χ2v) is 9.15. The molecule has 0 bridgehead atoms. The molecular formula is C26H23N5O3. The van der Waals surface area contributed by atoms with Crippen LogP contribution in [-0.4, -0.2) is 52.0 Å². The summed E-state index contributed by atoms with van der Waals surface area (Å²) in [6.45, 7) is 3.83. The second kappa shape index (κ2) is 7.47. The number of hydrogen-bond acceptors (Lipinski definition) is 6. The molecule has 6 rings (SSSR count). The van der Waals surface area contributed by atoms with Crippen molar-refractivity contribution in [2.24, 2.45) is 5.41 Å². The zero-order valence-corrected chi connectivity index (χ0v) is 18.9. The molecule has 34 heavy (non-hydrogen) atoms. The second-order valence-electron chi connectivity index (χ2n) is 9.15. The first-order valence-electron chi connectivity index (χ1n) is 11.1. The van der Waals surface area contributed by atoms with Crippen LogP contribution in [0.15, 0.2) is 48.9 Å². The van der Waals surface area contributed by atoms with Crippen LogP contribution in [0.4, 0.5) is 5.82 Å². The Balaban J connectivity index is 1.28. The Hall–Kier alpha value is -4.09. The molecule has 1 saturated heterocycles. The number of ether oxygens (including phenoxy) is 2. The van der Waals surface area contributed by atoms with Gasteiger partial charge >= 0.3 is 0 Å². The van der Waals surface area contributed by atoms with Gasteiger partial charge in [0, 0.05) is 23.7 Å². The predicted molar refractivity (Wildman–Crippen MR) is 127 cm³/mol. The molecule has 0 saturated carbocycles. The molecule has 8 heteroatoms. The quantitative estimate of drug-likeness (QED) is 0.469. The van der Waals surface area contributed by atoms with E-state index in [0.29, 0.717) is 42.2 Å². The Kier molecular flexibility index (Phi) is 4.51. The first-order valence-corrected chi connectivity index (χ1v) is 11.1. The molecule has 2 aromatic carbocycles. The van der Waals surface area contributed by atoms with Crippen molar-refractivity contribution < 1.29 is 14.3 Å². The normalized spacial score (nSPS) is 18.0. The third kappa shape index (κ3) is 3.25. The highest BCUT2D eigenvalue weighted by Crippen LogP contribution is 2.37. The van der Waals surface area contributed by atoms with E-state index in [0.717, 1.165) is 22.4 Å². The maximum absolute atomic E-state index is 13.4. The van der Waals surface area contributed by atoms with Gasteiger partial charge in [0.05, 0.1) is 48.2 Å². The lowest BCUT2D eigenvalue weighted by Gasteiger charge is -2.32. The average molecular weight is 454 g/mol. The SMILES string of the molecule is CN(C(=O)c1ccc2nc(N)c3cncn3c2c1)[C@@H]1COc2cc(C#CC3(C)COC3)ccc21. The number of rotatable bonds is 2. The minimum absolute atomic E-state index is 0.0710. The molecule has 2 N–H and O–H groups in total. The minimum Gasteiger partial charge on any atom is -0.491 e. The Bertz CT molecular complexity index is 1530. The van der Waals surface area contributed by atoms with Crippen LogP contribution in [0, 0.1) is 17.3 Å². The summed E-state index contributed by atoms with van der Waals surface area (Å²) in [5, 5.41) is 0. The van der Waals surface area contributed by atoms with Gasteiger partial charge < -0.3 is 20.1 Å². The molecule has 1 amide bonds. The number of hydrogen-bond donors (Lipinski definition) is 1. The van der Waals surface area contributed by atoms with Crippen LogP contribution in [0.2, 0.25) is 0 Å². The van der Waals surface area contributed by atoms with Gasteiger partial charge in [-0.3, -0.25) is 9.20 Å².